The number of amides is 2. The minimum absolute atomic E-state index is 0.0103. The largest absolute Gasteiger partial charge is 0.324 e. The molecule has 0 aliphatic carbocycles. The van der Waals surface area contributed by atoms with Crippen molar-refractivity contribution < 1.29 is 4.79 Å². The number of urea groups is 1. The molecule has 0 saturated carbocycles. The maximum Gasteiger partial charge on any atom is 0.324 e. The first kappa shape index (κ1) is 12.9. The second-order valence-corrected chi connectivity index (χ2v) is 5.11. The summed E-state index contributed by atoms with van der Waals surface area (Å²) in [6.45, 7) is 7.57. The van der Waals surface area contributed by atoms with Crippen LogP contribution in [0.4, 0.5) is 10.5 Å². The van der Waals surface area contributed by atoms with Gasteiger partial charge in [-0.25, -0.2) is 4.79 Å². The molecule has 18 heavy (non-hydrogen) atoms. The smallest absolute Gasteiger partial charge is 0.324 e. The second kappa shape index (κ2) is 4.98. The van der Waals surface area contributed by atoms with Crippen LogP contribution in [0.15, 0.2) is 24.3 Å². The lowest BCUT2D eigenvalue weighted by Gasteiger charge is -2.22. The van der Waals surface area contributed by atoms with Gasteiger partial charge in [-0.3, -0.25) is 4.90 Å². The van der Waals surface area contributed by atoms with Gasteiger partial charge < -0.3 is 10.6 Å². The van der Waals surface area contributed by atoms with Crippen molar-refractivity contribution in [1.82, 2.24) is 4.90 Å². The van der Waals surface area contributed by atoms with E-state index in [1.165, 1.54) is 0 Å². The van der Waals surface area contributed by atoms with Gasteiger partial charge in [0, 0.05) is 30.9 Å². The highest BCUT2D eigenvalue weighted by Gasteiger charge is 2.31. The molecule has 2 N–H and O–H groups in total. The zero-order valence-corrected chi connectivity index (χ0v) is 11.3. The van der Waals surface area contributed by atoms with E-state index in [9.17, 15) is 4.79 Å². The normalized spacial score (nSPS) is 17.7. The average molecular weight is 247 g/mol. The van der Waals surface area contributed by atoms with Gasteiger partial charge in [-0.15, -0.1) is 0 Å². The summed E-state index contributed by atoms with van der Waals surface area (Å²) in [5, 5.41) is 0. The SMILES string of the molecule is CC(N)c1cccc(N2CCN(C(C)C)C2=O)c1. The number of benzene rings is 1. The Kier molecular flexibility index (Phi) is 3.57. The number of rotatable bonds is 3. The molecular weight excluding hydrogens is 226 g/mol. The van der Waals surface area contributed by atoms with E-state index in [0.29, 0.717) is 0 Å². The average Bonchev–Trinajstić information content (AvgIpc) is 2.71. The molecular formula is C14H21N3O. The summed E-state index contributed by atoms with van der Waals surface area (Å²) in [6, 6.07) is 8.25. The molecule has 4 heteroatoms. The van der Waals surface area contributed by atoms with E-state index in [2.05, 4.69) is 0 Å². The Balaban J connectivity index is 2.23. The molecule has 1 aliphatic rings. The van der Waals surface area contributed by atoms with Crippen molar-refractivity contribution in [3.8, 4) is 0 Å². The van der Waals surface area contributed by atoms with E-state index in [4.69, 9.17) is 5.73 Å². The highest BCUT2D eigenvalue weighted by atomic mass is 16.2. The van der Waals surface area contributed by atoms with E-state index in [1.54, 1.807) is 0 Å². The first-order valence-corrected chi connectivity index (χ1v) is 6.44. The van der Waals surface area contributed by atoms with Crippen molar-refractivity contribution in [1.29, 1.82) is 0 Å². The van der Waals surface area contributed by atoms with E-state index in [1.807, 2.05) is 54.8 Å². The van der Waals surface area contributed by atoms with E-state index in [-0.39, 0.29) is 18.1 Å². The third kappa shape index (κ3) is 2.34. The van der Waals surface area contributed by atoms with Crippen LogP contribution < -0.4 is 10.6 Å². The van der Waals surface area contributed by atoms with Gasteiger partial charge in [0.1, 0.15) is 0 Å². The van der Waals surface area contributed by atoms with Crippen molar-refractivity contribution in [3.05, 3.63) is 29.8 Å². The maximum atomic E-state index is 12.2. The maximum absolute atomic E-state index is 12.2. The van der Waals surface area contributed by atoms with Crippen LogP contribution >= 0.6 is 0 Å². The van der Waals surface area contributed by atoms with Crippen molar-refractivity contribution >= 4 is 11.7 Å². The van der Waals surface area contributed by atoms with Crippen LogP contribution in [0, 0.1) is 0 Å². The fraction of sp³-hybridized carbons (Fsp3) is 0.500. The van der Waals surface area contributed by atoms with Crippen molar-refractivity contribution in [3.63, 3.8) is 0 Å². The molecule has 0 spiro atoms. The highest BCUT2D eigenvalue weighted by molar-refractivity contribution is 5.94. The Morgan fingerprint density at radius 3 is 2.50 bits per heavy atom. The third-order valence-corrected chi connectivity index (χ3v) is 3.37. The Morgan fingerprint density at radius 2 is 1.94 bits per heavy atom. The topological polar surface area (TPSA) is 49.6 Å². The summed E-state index contributed by atoms with van der Waals surface area (Å²) in [5.74, 6) is 0. The molecule has 1 unspecified atom stereocenters. The van der Waals surface area contributed by atoms with Gasteiger partial charge >= 0.3 is 6.03 Å². The van der Waals surface area contributed by atoms with Gasteiger partial charge in [-0.05, 0) is 38.5 Å². The zero-order valence-electron chi connectivity index (χ0n) is 11.3. The molecule has 98 valence electrons. The number of carbonyl (C=O) groups excluding carboxylic acids is 1. The molecule has 1 fully saturated rings. The monoisotopic (exact) mass is 247 g/mol. The molecule has 0 bridgehead atoms. The predicted octanol–water partition coefficient (Wildman–Crippen LogP) is 2.36. The Bertz CT molecular complexity index is 442. The first-order valence-electron chi connectivity index (χ1n) is 6.44. The lowest BCUT2D eigenvalue weighted by Crippen LogP contribution is -2.36. The van der Waals surface area contributed by atoms with Crippen LogP contribution in [-0.2, 0) is 0 Å². The standard InChI is InChI=1S/C14H21N3O/c1-10(2)16-7-8-17(14(16)18)13-6-4-5-12(9-13)11(3)15/h4-6,9-11H,7-8,15H2,1-3H3. The van der Waals surface area contributed by atoms with Crippen molar-refractivity contribution in [2.45, 2.75) is 32.9 Å². The molecule has 4 nitrogen and oxygen atoms in total. The number of hydrogen-bond donors (Lipinski definition) is 1. The zero-order chi connectivity index (χ0) is 13.3. The Morgan fingerprint density at radius 1 is 1.22 bits per heavy atom. The summed E-state index contributed by atoms with van der Waals surface area (Å²) < 4.78 is 0. The number of anilines is 1. The molecule has 2 amide bonds. The lowest BCUT2D eigenvalue weighted by molar-refractivity contribution is 0.209. The van der Waals surface area contributed by atoms with E-state index in [0.717, 1.165) is 24.3 Å². The van der Waals surface area contributed by atoms with Crippen molar-refractivity contribution in [2.75, 3.05) is 18.0 Å². The molecule has 1 aromatic rings. The fourth-order valence-corrected chi connectivity index (χ4v) is 2.25. The van der Waals surface area contributed by atoms with Crippen LogP contribution in [0.2, 0.25) is 0 Å². The quantitative estimate of drug-likeness (QED) is 0.891. The van der Waals surface area contributed by atoms with Crippen molar-refractivity contribution in [2.24, 2.45) is 5.73 Å². The first-order chi connectivity index (χ1) is 8.50. The number of carbonyl (C=O) groups is 1. The second-order valence-electron chi connectivity index (χ2n) is 5.11. The highest BCUT2D eigenvalue weighted by Crippen LogP contribution is 2.24. The predicted molar refractivity (Wildman–Crippen MR) is 73.6 cm³/mol. The number of nitrogens with zero attached hydrogens (tertiary/aromatic N) is 2. The molecule has 2 rings (SSSR count). The summed E-state index contributed by atoms with van der Waals surface area (Å²) in [4.78, 5) is 16.0. The molecule has 1 heterocycles. The minimum Gasteiger partial charge on any atom is -0.324 e. The molecule has 0 radical (unpaired) electrons. The van der Waals surface area contributed by atoms with E-state index < -0.39 is 0 Å². The molecule has 1 aromatic carbocycles. The van der Waals surface area contributed by atoms with Crippen LogP contribution in [0.5, 0.6) is 0 Å². The Hall–Kier alpha value is -1.55. The van der Waals surface area contributed by atoms with Crippen LogP contribution in [0.1, 0.15) is 32.4 Å². The van der Waals surface area contributed by atoms with Gasteiger partial charge in [0.05, 0.1) is 0 Å². The molecule has 1 saturated heterocycles. The number of nitrogens with two attached hydrogens (primary N) is 1. The van der Waals surface area contributed by atoms with Crippen LogP contribution in [0.3, 0.4) is 0 Å². The van der Waals surface area contributed by atoms with Crippen LogP contribution in [-0.4, -0.2) is 30.1 Å². The molecule has 1 atom stereocenters. The fourth-order valence-electron chi connectivity index (χ4n) is 2.25. The van der Waals surface area contributed by atoms with Gasteiger partial charge in [-0.2, -0.15) is 0 Å². The number of hydrogen-bond acceptors (Lipinski definition) is 2. The summed E-state index contributed by atoms with van der Waals surface area (Å²) in [6.07, 6.45) is 0. The summed E-state index contributed by atoms with van der Waals surface area (Å²) in [7, 11) is 0. The van der Waals surface area contributed by atoms with E-state index >= 15 is 0 Å². The van der Waals surface area contributed by atoms with Gasteiger partial charge in [0.25, 0.3) is 0 Å². The lowest BCUT2D eigenvalue weighted by atomic mass is 10.1. The summed E-state index contributed by atoms with van der Waals surface area (Å²) >= 11 is 0. The van der Waals surface area contributed by atoms with Crippen LogP contribution in [0.25, 0.3) is 0 Å². The Labute approximate surface area is 108 Å². The third-order valence-electron chi connectivity index (χ3n) is 3.37. The summed E-state index contributed by atoms with van der Waals surface area (Å²) in [5.41, 5.74) is 7.88. The van der Waals surface area contributed by atoms with Gasteiger partial charge in [-0.1, -0.05) is 12.1 Å². The minimum atomic E-state index is -0.0103. The van der Waals surface area contributed by atoms with Gasteiger partial charge in [0.2, 0.25) is 0 Å². The molecule has 0 aromatic heterocycles. The van der Waals surface area contributed by atoms with Gasteiger partial charge in [0.15, 0.2) is 0 Å². The molecule has 1 aliphatic heterocycles.